The molecule has 0 spiro atoms. The summed E-state index contributed by atoms with van der Waals surface area (Å²) in [6.07, 6.45) is 3.51. The molecule has 1 N–H and O–H groups in total. The predicted octanol–water partition coefficient (Wildman–Crippen LogP) is 3.69. The quantitative estimate of drug-likeness (QED) is 0.781. The number of aromatic nitrogens is 1. The van der Waals surface area contributed by atoms with Crippen LogP contribution in [0.2, 0.25) is 5.02 Å². The third-order valence-corrected chi connectivity index (χ3v) is 5.95. The molecule has 0 saturated carbocycles. The molecule has 1 aromatic carbocycles. The van der Waals surface area contributed by atoms with Gasteiger partial charge in [-0.1, -0.05) is 53.7 Å². The SMILES string of the molecule is O=C(CSc1ncccc1Cl)NCC1(c2ccccc2)CCOCC1. The number of rotatable bonds is 6. The molecular formula is C19H21ClN2O2S. The first-order chi connectivity index (χ1) is 12.2. The molecule has 0 unspecified atom stereocenters. The number of pyridine rings is 1. The first kappa shape index (κ1) is 18.2. The molecule has 1 saturated heterocycles. The summed E-state index contributed by atoms with van der Waals surface area (Å²) < 4.78 is 5.53. The maximum absolute atomic E-state index is 12.3. The second kappa shape index (κ2) is 8.70. The molecule has 1 aliphatic heterocycles. The van der Waals surface area contributed by atoms with Gasteiger partial charge in [0.1, 0.15) is 5.03 Å². The topological polar surface area (TPSA) is 51.2 Å². The standard InChI is InChI=1S/C19H21ClN2O2S/c20-16-7-4-10-21-18(16)25-13-17(23)22-14-19(8-11-24-12-9-19)15-5-2-1-3-6-15/h1-7,10H,8-9,11-14H2,(H,22,23). The summed E-state index contributed by atoms with van der Waals surface area (Å²) in [5.74, 6) is 0.298. The molecule has 6 heteroatoms. The van der Waals surface area contributed by atoms with Gasteiger partial charge in [-0.2, -0.15) is 0 Å². The molecule has 3 rings (SSSR count). The summed E-state index contributed by atoms with van der Waals surface area (Å²) in [5, 5.41) is 4.35. The van der Waals surface area contributed by atoms with Crippen molar-refractivity contribution in [2.75, 3.05) is 25.5 Å². The number of amides is 1. The number of hydrogen-bond acceptors (Lipinski definition) is 4. The fourth-order valence-corrected chi connectivity index (χ4v) is 4.05. The van der Waals surface area contributed by atoms with Gasteiger partial charge in [0.15, 0.2) is 0 Å². The van der Waals surface area contributed by atoms with Crippen LogP contribution in [0.1, 0.15) is 18.4 Å². The van der Waals surface area contributed by atoms with Crippen molar-refractivity contribution in [1.29, 1.82) is 0 Å². The number of carbonyl (C=O) groups is 1. The van der Waals surface area contributed by atoms with Crippen LogP contribution in [0.25, 0.3) is 0 Å². The average Bonchev–Trinajstić information content (AvgIpc) is 2.67. The van der Waals surface area contributed by atoms with E-state index in [0.717, 1.165) is 26.1 Å². The monoisotopic (exact) mass is 376 g/mol. The summed E-state index contributed by atoms with van der Waals surface area (Å²) in [6, 6.07) is 13.9. The molecule has 4 nitrogen and oxygen atoms in total. The van der Waals surface area contributed by atoms with Crippen LogP contribution in [0.4, 0.5) is 0 Å². The molecule has 0 bridgehead atoms. The van der Waals surface area contributed by atoms with E-state index in [2.05, 4.69) is 22.4 Å². The summed E-state index contributed by atoms with van der Waals surface area (Å²) >= 11 is 7.44. The van der Waals surface area contributed by atoms with E-state index in [1.807, 2.05) is 18.2 Å². The van der Waals surface area contributed by atoms with E-state index in [1.54, 1.807) is 18.3 Å². The average molecular weight is 377 g/mol. The molecule has 25 heavy (non-hydrogen) atoms. The minimum atomic E-state index is -0.0531. The number of hydrogen-bond donors (Lipinski definition) is 1. The minimum Gasteiger partial charge on any atom is -0.381 e. The number of carbonyl (C=O) groups excluding carboxylic acids is 1. The second-order valence-electron chi connectivity index (χ2n) is 6.11. The van der Waals surface area contributed by atoms with Gasteiger partial charge in [-0.05, 0) is 30.5 Å². The smallest absolute Gasteiger partial charge is 0.230 e. The highest BCUT2D eigenvalue weighted by molar-refractivity contribution is 8.00. The number of benzene rings is 1. The Morgan fingerprint density at radius 3 is 2.68 bits per heavy atom. The number of thioether (sulfide) groups is 1. The normalized spacial score (nSPS) is 16.4. The zero-order valence-corrected chi connectivity index (χ0v) is 15.5. The highest BCUT2D eigenvalue weighted by Crippen LogP contribution is 2.34. The van der Waals surface area contributed by atoms with E-state index in [1.165, 1.54) is 17.3 Å². The fraction of sp³-hybridized carbons (Fsp3) is 0.368. The highest BCUT2D eigenvalue weighted by atomic mass is 35.5. The summed E-state index contributed by atoms with van der Waals surface area (Å²) in [7, 11) is 0. The maximum atomic E-state index is 12.3. The van der Waals surface area contributed by atoms with Crippen LogP contribution in [0.15, 0.2) is 53.7 Å². The van der Waals surface area contributed by atoms with Crippen molar-refractivity contribution in [3.05, 3.63) is 59.2 Å². The number of nitrogens with one attached hydrogen (secondary N) is 1. The van der Waals surface area contributed by atoms with Crippen molar-refractivity contribution < 1.29 is 9.53 Å². The van der Waals surface area contributed by atoms with E-state index < -0.39 is 0 Å². The van der Waals surface area contributed by atoms with Crippen LogP contribution in [0.3, 0.4) is 0 Å². The van der Waals surface area contributed by atoms with Crippen molar-refractivity contribution in [1.82, 2.24) is 10.3 Å². The van der Waals surface area contributed by atoms with Gasteiger partial charge in [-0.15, -0.1) is 0 Å². The van der Waals surface area contributed by atoms with Crippen molar-refractivity contribution in [3.8, 4) is 0 Å². The van der Waals surface area contributed by atoms with Gasteiger partial charge in [-0.3, -0.25) is 4.79 Å². The Hall–Kier alpha value is -1.56. The Bertz CT molecular complexity index is 706. The predicted molar refractivity (Wildman–Crippen MR) is 101 cm³/mol. The largest absolute Gasteiger partial charge is 0.381 e. The number of nitrogens with zero attached hydrogens (tertiary/aromatic N) is 1. The molecule has 0 radical (unpaired) electrons. The number of ether oxygens (including phenoxy) is 1. The van der Waals surface area contributed by atoms with Crippen molar-refractivity contribution in [3.63, 3.8) is 0 Å². The first-order valence-corrected chi connectivity index (χ1v) is 9.69. The molecular weight excluding hydrogens is 356 g/mol. The minimum absolute atomic E-state index is 0.00600. The van der Waals surface area contributed by atoms with Gasteiger partial charge in [-0.25, -0.2) is 4.98 Å². The van der Waals surface area contributed by atoms with Crippen LogP contribution in [-0.2, 0) is 14.9 Å². The molecule has 0 atom stereocenters. The lowest BCUT2D eigenvalue weighted by molar-refractivity contribution is -0.119. The highest BCUT2D eigenvalue weighted by Gasteiger charge is 2.34. The van der Waals surface area contributed by atoms with Gasteiger partial charge in [0.05, 0.1) is 10.8 Å². The third kappa shape index (κ3) is 4.75. The molecule has 2 aromatic rings. The summed E-state index contributed by atoms with van der Waals surface area (Å²) in [5.41, 5.74) is 1.21. The van der Waals surface area contributed by atoms with Crippen LogP contribution >= 0.6 is 23.4 Å². The second-order valence-corrected chi connectivity index (χ2v) is 7.49. The zero-order chi connectivity index (χ0) is 17.5. The third-order valence-electron chi connectivity index (χ3n) is 4.52. The van der Waals surface area contributed by atoms with Crippen LogP contribution < -0.4 is 5.32 Å². The zero-order valence-electron chi connectivity index (χ0n) is 13.9. The van der Waals surface area contributed by atoms with Gasteiger partial charge < -0.3 is 10.1 Å². The molecule has 132 valence electrons. The van der Waals surface area contributed by atoms with Crippen molar-refractivity contribution in [2.45, 2.75) is 23.3 Å². The van der Waals surface area contributed by atoms with Crippen LogP contribution in [0, 0.1) is 0 Å². The van der Waals surface area contributed by atoms with Gasteiger partial charge in [0, 0.05) is 31.4 Å². The van der Waals surface area contributed by atoms with Gasteiger partial charge in [0.25, 0.3) is 0 Å². The lowest BCUT2D eigenvalue weighted by Crippen LogP contribution is -2.45. The Morgan fingerprint density at radius 1 is 1.20 bits per heavy atom. The van der Waals surface area contributed by atoms with E-state index in [0.29, 0.717) is 22.3 Å². The Labute approximate surface area is 157 Å². The molecule has 2 heterocycles. The fourth-order valence-electron chi connectivity index (χ4n) is 3.05. The van der Waals surface area contributed by atoms with Gasteiger partial charge in [0.2, 0.25) is 5.91 Å². The maximum Gasteiger partial charge on any atom is 0.230 e. The lowest BCUT2D eigenvalue weighted by atomic mass is 9.74. The summed E-state index contributed by atoms with van der Waals surface area (Å²) in [4.78, 5) is 16.5. The van der Waals surface area contributed by atoms with E-state index in [-0.39, 0.29) is 11.3 Å². The van der Waals surface area contributed by atoms with Crippen molar-refractivity contribution in [2.24, 2.45) is 0 Å². The van der Waals surface area contributed by atoms with Crippen molar-refractivity contribution >= 4 is 29.3 Å². The van der Waals surface area contributed by atoms with Crippen LogP contribution in [0.5, 0.6) is 0 Å². The van der Waals surface area contributed by atoms with Crippen LogP contribution in [-0.4, -0.2) is 36.4 Å². The van der Waals surface area contributed by atoms with E-state index in [4.69, 9.17) is 16.3 Å². The lowest BCUT2D eigenvalue weighted by Gasteiger charge is -2.38. The Balaban J connectivity index is 1.59. The van der Waals surface area contributed by atoms with Gasteiger partial charge >= 0.3 is 0 Å². The first-order valence-electron chi connectivity index (χ1n) is 8.33. The molecule has 0 aliphatic carbocycles. The summed E-state index contributed by atoms with van der Waals surface area (Å²) in [6.45, 7) is 2.07. The van der Waals surface area contributed by atoms with E-state index in [9.17, 15) is 4.79 Å². The number of halogens is 1. The molecule has 1 aromatic heterocycles. The van der Waals surface area contributed by atoms with E-state index >= 15 is 0 Å². The molecule has 1 fully saturated rings. The molecule has 1 amide bonds. The Kier molecular flexibility index (Phi) is 6.34. The molecule has 1 aliphatic rings. The Morgan fingerprint density at radius 2 is 1.96 bits per heavy atom.